The molecule has 3 aliphatic carbocycles. The first-order valence-corrected chi connectivity index (χ1v) is 8.61. The van der Waals surface area contributed by atoms with Crippen LogP contribution in [0.1, 0.15) is 34.1 Å². The molecule has 146 valence electrons. The molecule has 6 unspecified atom stereocenters. The van der Waals surface area contributed by atoms with E-state index in [4.69, 9.17) is 4.74 Å². The molecular weight excluding hydrogens is 372 g/mol. The van der Waals surface area contributed by atoms with E-state index in [9.17, 15) is 39.9 Å². The zero-order valence-corrected chi connectivity index (χ0v) is 14.5. The summed E-state index contributed by atoms with van der Waals surface area (Å²) in [5, 5.41) is 53.3. The molecule has 2 fully saturated rings. The van der Waals surface area contributed by atoms with Crippen molar-refractivity contribution in [2.45, 2.75) is 47.5 Å². The van der Waals surface area contributed by atoms with Crippen LogP contribution < -0.4 is 0 Å². The summed E-state index contributed by atoms with van der Waals surface area (Å²) >= 11 is 0. The second-order valence-electron chi connectivity index (χ2n) is 8.14. The van der Waals surface area contributed by atoms with Gasteiger partial charge in [0.2, 0.25) is 28.6 Å². The lowest BCUT2D eigenvalue weighted by Gasteiger charge is -2.51. The molecule has 1 aromatic carbocycles. The number of phenols is 1. The highest BCUT2D eigenvalue weighted by Gasteiger charge is 2.94. The zero-order valence-electron chi connectivity index (χ0n) is 14.5. The van der Waals surface area contributed by atoms with Gasteiger partial charge in [-0.1, -0.05) is 12.1 Å². The molecule has 5 N–H and O–H groups in total. The van der Waals surface area contributed by atoms with Crippen molar-refractivity contribution in [3.63, 3.8) is 0 Å². The highest BCUT2D eigenvalue weighted by molar-refractivity contribution is 6.27. The molecule has 0 amide bonds. The molecule has 4 aliphatic rings. The smallest absolute Gasteiger partial charge is 0.207 e. The predicted octanol–water partition coefficient (Wildman–Crippen LogP) is -1.60. The zero-order chi connectivity index (χ0) is 20.5. The van der Waals surface area contributed by atoms with Gasteiger partial charge in [-0.2, -0.15) is 0 Å². The minimum atomic E-state index is -3.08. The van der Waals surface area contributed by atoms with E-state index < -0.39 is 62.8 Å². The van der Waals surface area contributed by atoms with Gasteiger partial charge in [-0.25, -0.2) is 0 Å². The number of Topliss-reactive ketones (excluding diaryl/α,β-unsaturated/α-hetero) is 3. The monoisotopic (exact) mass is 388 g/mol. The summed E-state index contributed by atoms with van der Waals surface area (Å²) < 4.78 is 5.53. The van der Waals surface area contributed by atoms with Crippen molar-refractivity contribution < 1.29 is 44.7 Å². The van der Waals surface area contributed by atoms with Crippen molar-refractivity contribution in [2.75, 3.05) is 0 Å². The van der Waals surface area contributed by atoms with Gasteiger partial charge in [0.15, 0.2) is 5.60 Å². The molecule has 0 aromatic heterocycles. The van der Waals surface area contributed by atoms with Crippen molar-refractivity contribution >= 4 is 17.3 Å². The Balaban J connectivity index is 1.83. The maximum absolute atomic E-state index is 13.3. The second kappa shape index (κ2) is 4.42. The number of aliphatic hydroxyl groups excluding tert-OH is 1. The minimum absolute atomic E-state index is 0.351. The van der Waals surface area contributed by atoms with Gasteiger partial charge in [0.25, 0.3) is 0 Å². The average molecular weight is 388 g/mol. The Labute approximate surface area is 157 Å². The number of phenolic OH excluding ortho intramolecular Hbond substituents is 1. The molecule has 1 aliphatic heterocycles. The van der Waals surface area contributed by atoms with Crippen LogP contribution in [-0.4, -0.2) is 77.0 Å². The van der Waals surface area contributed by atoms with Gasteiger partial charge >= 0.3 is 0 Å². The van der Waals surface area contributed by atoms with Crippen molar-refractivity contribution in [1.29, 1.82) is 0 Å². The van der Waals surface area contributed by atoms with Gasteiger partial charge in [-0.15, -0.1) is 0 Å². The maximum Gasteiger partial charge on any atom is 0.207 e. The van der Waals surface area contributed by atoms with Crippen LogP contribution in [0.15, 0.2) is 30.4 Å². The third-order valence-corrected chi connectivity index (χ3v) is 6.54. The number of hydrogen-bond acceptors (Lipinski definition) is 9. The lowest BCUT2D eigenvalue weighted by molar-refractivity contribution is -0.172. The van der Waals surface area contributed by atoms with Crippen molar-refractivity contribution in [1.82, 2.24) is 0 Å². The molecule has 0 spiro atoms. The topological polar surface area (TPSA) is 165 Å². The number of epoxide rings is 1. The molecular formula is C19H16O9. The first kappa shape index (κ1) is 17.7. The van der Waals surface area contributed by atoms with E-state index in [1.54, 1.807) is 0 Å². The van der Waals surface area contributed by atoms with Gasteiger partial charge in [0, 0.05) is 12.0 Å². The van der Waals surface area contributed by atoms with Gasteiger partial charge in [-0.05, 0) is 25.1 Å². The van der Waals surface area contributed by atoms with Crippen LogP contribution in [0.5, 0.6) is 5.75 Å². The van der Waals surface area contributed by atoms with Crippen LogP contribution >= 0.6 is 0 Å². The normalized spacial score (nSPS) is 48.5. The Kier molecular flexibility index (Phi) is 2.79. The number of benzene rings is 1. The van der Waals surface area contributed by atoms with Crippen LogP contribution in [0.2, 0.25) is 0 Å². The number of aliphatic hydroxyl groups is 4. The van der Waals surface area contributed by atoms with Crippen LogP contribution in [0.25, 0.3) is 0 Å². The molecule has 1 saturated heterocycles. The fourth-order valence-corrected chi connectivity index (χ4v) is 5.11. The van der Waals surface area contributed by atoms with Crippen LogP contribution in [0, 0.1) is 0 Å². The molecule has 6 atom stereocenters. The summed E-state index contributed by atoms with van der Waals surface area (Å²) in [7, 11) is 0. The lowest BCUT2D eigenvalue weighted by atomic mass is 9.51. The Morgan fingerprint density at radius 3 is 2.43 bits per heavy atom. The quantitative estimate of drug-likeness (QED) is 0.260. The first-order valence-electron chi connectivity index (χ1n) is 8.61. The number of hydrogen-bond donors (Lipinski definition) is 5. The number of fused-ring (bicyclic) bond motifs is 2. The molecule has 5 rings (SSSR count). The van der Waals surface area contributed by atoms with E-state index in [0.717, 1.165) is 18.2 Å². The average Bonchev–Trinajstić information content (AvgIpc) is 3.31. The van der Waals surface area contributed by atoms with Crippen molar-refractivity contribution in [3.05, 3.63) is 41.5 Å². The predicted molar refractivity (Wildman–Crippen MR) is 88.6 cm³/mol. The summed E-state index contributed by atoms with van der Waals surface area (Å²) in [6.45, 7) is 1.20. The Morgan fingerprint density at radius 1 is 1.07 bits per heavy atom. The van der Waals surface area contributed by atoms with E-state index in [2.05, 4.69) is 0 Å². The van der Waals surface area contributed by atoms with Gasteiger partial charge in [0.05, 0.1) is 11.2 Å². The standard InChI is InChI=1S/C19H16O9/c1-15(25)7-16-5-6-17(26)12(22)10-8(3-2-4-9(10)20)11(21)18(17,27)19(16,28-16)14(24)13(15)23/h2-6,13,20,23,25-27H,7H2,1H3. The highest BCUT2D eigenvalue weighted by Crippen LogP contribution is 2.69. The summed E-state index contributed by atoms with van der Waals surface area (Å²) in [4.78, 5) is 39.3. The van der Waals surface area contributed by atoms with Crippen LogP contribution in [-0.2, 0) is 9.53 Å². The summed E-state index contributed by atoms with van der Waals surface area (Å²) in [5.74, 6) is -4.16. The van der Waals surface area contributed by atoms with Gasteiger partial charge < -0.3 is 30.3 Å². The summed E-state index contributed by atoms with van der Waals surface area (Å²) in [6.07, 6.45) is -0.364. The van der Waals surface area contributed by atoms with Gasteiger partial charge in [0.1, 0.15) is 17.5 Å². The number of carbonyl (C=O) groups excluding carboxylic acids is 3. The largest absolute Gasteiger partial charge is 0.507 e. The first-order chi connectivity index (χ1) is 12.9. The van der Waals surface area contributed by atoms with Crippen LogP contribution in [0.3, 0.4) is 0 Å². The number of carbonyl (C=O) groups is 3. The molecule has 9 heteroatoms. The van der Waals surface area contributed by atoms with E-state index >= 15 is 0 Å². The Bertz CT molecular complexity index is 1040. The molecule has 28 heavy (non-hydrogen) atoms. The number of ketones is 3. The maximum atomic E-state index is 13.3. The van der Waals surface area contributed by atoms with E-state index in [0.29, 0.717) is 0 Å². The van der Waals surface area contributed by atoms with Gasteiger partial charge in [-0.3, -0.25) is 14.4 Å². The Hall–Kier alpha value is -2.43. The molecule has 1 heterocycles. The lowest BCUT2D eigenvalue weighted by Crippen LogP contribution is -2.79. The molecule has 9 nitrogen and oxygen atoms in total. The third kappa shape index (κ3) is 1.43. The third-order valence-electron chi connectivity index (χ3n) is 6.54. The highest BCUT2D eigenvalue weighted by atomic mass is 16.7. The number of rotatable bonds is 0. The van der Waals surface area contributed by atoms with Crippen LogP contribution in [0.4, 0.5) is 0 Å². The van der Waals surface area contributed by atoms with Crippen molar-refractivity contribution in [3.8, 4) is 5.75 Å². The summed E-state index contributed by atoms with van der Waals surface area (Å²) in [6, 6.07) is 3.59. The fourth-order valence-electron chi connectivity index (χ4n) is 5.11. The Morgan fingerprint density at radius 2 is 1.75 bits per heavy atom. The molecule has 1 saturated carbocycles. The minimum Gasteiger partial charge on any atom is -0.507 e. The summed E-state index contributed by atoms with van der Waals surface area (Å²) in [5.41, 5.74) is -12.9. The van der Waals surface area contributed by atoms with Crippen molar-refractivity contribution in [2.24, 2.45) is 0 Å². The molecule has 1 aromatic rings. The fraction of sp³-hybridized carbons (Fsp3) is 0.421. The van der Waals surface area contributed by atoms with E-state index in [1.807, 2.05) is 0 Å². The molecule has 0 radical (unpaired) electrons. The SMILES string of the molecule is CC1(O)CC23C=CC4(O)C(=O)c5c(O)cccc5C(=O)C4(O)C2(O3)C(=O)C1O. The number of ether oxygens (including phenoxy) is 1. The van der Waals surface area contributed by atoms with E-state index in [-0.39, 0.29) is 12.0 Å². The number of aromatic hydroxyl groups is 1. The second-order valence-corrected chi connectivity index (χ2v) is 8.14. The molecule has 0 bridgehead atoms. The van der Waals surface area contributed by atoms with E-state index in [1.165, 1.54) is 19.1 Å².